The average Bonchev–Trinajstić information content (AvgIpc) is 3.38. The van der Waals surface area contributed by atoms with Gasteiger partial charge >= 0.3 is 0 Å². The lowest BCUT2D eigenvalue weighted by Crippen LogP contribution is -2.44. The zero-order valence-corrected chi connectivity index (χ0v) is 19.4. The van der Waals surface area contributed by atoms with Crippen LogP contribution in [0.3, 0.4) is 0 Å². The van der Waals surface area contributed by atoms with Gasteiger partial charge in [0, 0.05) is 37.4 Å². The Labute approximate surface area is 191 Å². The quantitative estimate of drug-likeness (QED) is 0.747. The fourth-order valence-corrected chi connectivity index (χ4v) is 5.05. The highest BCUT2D eigenvalue weighted by Gasteiger charge is 2.39. The van der Waals surface area contributed by atoms with Crippen molar-refractivity contribution in [1.29, 1.82) is 0 Å². The third-order valence-electron chi connectivity index (χ3n) is 6.13. The van der Waals surface area contributed by atoms with E-state index in [0.717, 1.165) is 11.3 Å². The number of hydrogen-bond donors (Lipinski definition) is 1. The number of amides is 3. The maximum atomic E-state index is 13.1. The summed E-state index contributed by atoms with van der Waals surface area (Å²) < 4.78 is 5.42. The van der Waals surface area contributed by atoms with Crippen LogP contribution in [-0.2, 0) is 14.4 Å². The molecule has 8 nitrogen and oxygen atoms in total. The molecule has 1 N–H and O–H groups in total. The molecule has 1 aromatic heterocycles. The summed E-state index contributed by atoms with van der Waals surface area (Å²) in [5, 5.41) is 5.39. The molecule has 3 amide bonds. The van der Waals surface area contributed by atoms with Crippen molar-refractivity contribution < 1.29 is 19.1 Å². The van der Waals surface area contributed by atoms with E-state index >= 15 is 0 Å². The number of anilines is 2. The van der Waals surface area contributed by atoms with Crippen LogP contribution in [0, 0.1) is 25.7 Å². The lowest BCUT2D eigenvalue weighted by Gasteiger charge is -2.32. The highest BCUT2D eigenvalue weighted by atomic mass is 32.1. The number of likely N-dealkylation sites (tertiary alicyclic amines) is 1. The van der Waals surface area contributed by atoms with Gasteiger partial charge in [-0.25, -0.2) is 4.98 Å². The Kier molecular flexibility index (Phi) is 6.45. The zero-order valence-electron chi connectivity index (χ0n) is 18.6. The van der Waals surface area contributed by atoms with Crippen molar-refractivity contribution in [2.75, 3.05) is 37.0 Å². The zero-order chi connectivity index (χ0) is 22.8. The van der Waals surface area contributed by atoms with Crippen LogP contribution in [0.25, 0.3) is 0 Å². The SMILES string of the molecule is COc1ccc(C)cc1N1CC(C(=O)N2CCC(C(=O)Nc3nc(C)cs3)CC2)CC1=O. The van der Waals surface area contributed by atoms with Crippen LogP contribution in [0.1, 0.15) is 30.5 Å². The van der Waals surface area contributed by atoms with Crippen molar-refractivity contribution in [2.24, 2.45) is 11.8 Å². The number of methoxy groups -OCH3 is 1. The number of piperidine rings is 1. The summed E-state index contributed by atoms with van der Waals surface area (Å²) in [5.41, 5.74) is 2.62. The van der Waals surface area contributed by atoms with Gasteiger partial charge in [0.1, 0.15) is 5.75 Å². The van der Waals surface area contributed by atoms with Crippen molar-refractivity contribution in [3.63, 3.8) is 0 Å². The van der Waals surface area contributed by atoms with Gasteiger partial charge in [-0.05, 0) is 44.4 Å². The van der Waals surface area contributed by atoms with Crippen molar-refractivity contribution in [2.45, 2.75) is 33.1 Å². The molecule has 4 rings (SSSR count). The lowest BCUT2D eigenvalue weighted by atomic mass is 9.94. The van der Waals surface area contributed by atoms with E-state index < -0.39 is 0 Å². The second-order valence-corrected chi connectivity index (χ2v) is 9.32. The van der Waals surface area contributed by atoms with Crippen LogP contribution < -0.4 is 15.0 Å². The molecule has 2 fully saturated rings. The largest absolute Gasteiger partial charge is 0.495 e. The Bertz CT molecular complexity index is 1030. The number of nitrogens with zero attached hydrogens (tertiary/aromatic N) is 3. The van der Waals surface area contributed by atoms with E-state index in [9.17, 15) is 14.4 Å². The van der Waals surface area contributed by atoms with Gasteiger partial charge in [-0.2, -0.15) is 0 Å². The third kappa shape index (κ3) is 4.62. The monoisotopic (exact) mass is 456 g/mol. The van der Waals surface area contributed by atoms with E-state index in [1.807, 2.05) is 37.4 Å². The molecule has 0 aliphatic carbocycles. The molecule has 32 heavy (non-hydrogen) atoms. The average molecular weight is 457 g/mol. The molecule has 9 heteroatoms. The van der Waals surface area contributed by atoms with Crippen LogP contribution in [0.4, 0.5) is 10.8 Å². The van der Waals surface area contributed by atoms with Crippen molar-refractivity contribution in [1.82, 2.24) is 9.88 Å². The molecular weight excluding hydrogens is 428 g/mol. The summed E-state index contributed by atoms with van der Waals surface area (Å²) in [4.78, 5) is 46.1. The molecule has 1 atom stereocenters. The maximum Gasteiger partial charge on any atom is 0.229 e. The van der Waals surface area contributed by atoms with Gasteiger partial charge in [0.05, 0.1) is 24.4 Å². The smallest absolute Gasteiger partial charge is 0.229 e. The van der Waals surface area contributed by atoms with E-state index in [1.54, 1.807) is 16.9 Å². The molecule has 2 saturated heterocycles. The van der Waals surface area contributed by atoms with Crippen LogP contribution >= 0.6 is 11.3 Å². The number of benzene rings is 1. The van der Waals surface area contributed by atoms with E-state index in [1.165, 1.54) is 11.3 Å². The summed E-state index contributed by atoms with van der Waals surface area (Å²) in [7, 11) is 1.58. The Hall–Kier alpha value is -2.94. The van der Waals surface area contributed by atoms with Gasteiger partial charge in [-0.15, -0.1) is 11.3 Å². The number of rotatable bonds is 5. The van der Waals surface area contributed by atoms with Gasteiger partial charge < -0.3 is 19.9 Å². The summed E-state index contributed by atoms with van der Waals surface area (Å²) in [6.45, 7) is 5.24. The van der Waals surface area contributed by atoms with Gasteiger partial charge in [0.2, 0.25) is 17.7 Å². The minimum atomic E-state index is -0.378. The molecule has 170 valence electrons. The molecule has 2 aliphatic heterocycles. The number of nitrogens with one attached hydrogen (secondary N) is 1. The summed E-state index contributed by atoms with van der Waals surface area (Å²) in [6, 6.07) is 5.69. The molecule has 0 spiro atoms. The van der Waals surface area contributed by atoms with Crippen molar-refractivity contribution >= 4 is 39.9 Å². The molecular formula is C23H28N4O4S. The summed E-state index contributed by atoms with van der Waals surface area (Å²) in [5.74, 6) is -0.0143. The molecule has 0 saturated carbocycles. The number of aryl methyl sites for hydroxylation is 2. The van der Waals surface area contributed by atoms with Crippen LogP contribution in [-0.4, -0.2) is 54.3 Å². The summed E-state index contributed by atoms with van der Waals surface area (Å²) >= 11 is 1.41. The molecule has 1 unspecified atom stereocenters. The predicted molar refractivity (Wildman–Crippen MR) is 123 cm³/mol. The minimum Gasteiger partial charge on any atom is -0.495 e. The number of hydrogen-bond acceptors (Lipinski definition) is 6. The van der Waals surface area contributed by atoms with Gasteiger partial charge in [0.25, 0.3) is 0 Å². The molecule has 3 heterocycles. The normalized spacial score (nSPS) is 19.3. The number of ether oxygens (including phenoxy) is 1. The molecule has 1 aromatic carbocycles. The third-order valence-corrected chi connectivity index (χ3v) is 7.00. The molecule has 2 aliphatic rings. The van der Waals surface area contributed by atoms with E-state index in [4.69, 9.17) is 4.74 Å². The molecule has 2 aromatic rings. The fourth-order valence-electron chi connectivity index (χ4n) is 4.36. The van der Waals surface area contributed by atoms with E-state index in [0.29, 0.717) is 49.0 Å². The number of aromatic nitrogens is 1. The predicted octanol–water partition coefficient (Wildman–Crippen LogP) is 3.00. The second-order valence-electron chi connectivity index (χ2n) is 8.46. The van der Waals surface area contributed by atoms with E-state index in [2.05, 4.69) is 10.3 Å². The standard InChI is InChI=1S/C23H28N4O4S/c1-14-4-5-19(31-3)18(10-14)27-12-17(11-20(27)28)22(30)26-8-6-16(7-9-26)21(29)25-23-24-15(2)13-32-23/h4-5,10,13,16-17H,6-9,11-12H2,1-3H3,(H,24,25,29). The molecule has 0 bridgehead atoms. The number of carbonyl (C=O) groups is 3. The Balaban J connectivity index is 1.34. The Morgan fingerprint density at radius 3 is 2.59 bits per heavy atom. The Morgan fingerprint density at radius 2 is 1.94 bits per heavy atom. The first-order valence-corrected chi connectivity index (χ1v) is 11.7. The van der Waals surface area contributed by atoms with Gasteiger partial charge in [0.15, 0.2) is 5.13 Å². The van der Waals surface area contributed by atoms with Gasteiger partial charge in [-0.1, -0.05) is 6.07 Å². The minimum absolute atomic E-state index is 0.0122. The fraction of sp³-hybridized carbons (Fsp3) is 0.478. The van der Waals surface area contributed by atoms with Crippen molar-refractivity contribution in [3.8, 4) is 5.75 Å². The summed E-state index contributed by atoms with van der Waals surface area (Å²) in [6.07, 6.45) is 1.41. The van der Waals surface area contributed by atoms with Crippen LogP contribution in [0.15, 0.2) is 23.6 Å². The van der Waals surface area contributed by atoms with Gasteiger partial charge in [-0.3, -0.25) is 14.4 Å². The Morgan fingerprint density at radius 1 is 1.19 bits per heavy atom. The topological polar surface area (TPSA) is 91.8 Å². The highest BCUT2D eigenvalue weighted by molar-refractivity contribution is 7.13. The number of carbonyl (C=O) groups excluding carboxylic acids is 3. The number of thiazole rings is 1. The first-order valence-electron chi connectivity index (χ1n) is 10.8. The van der Waals surface area contributed by atoms with Crippen molar-refractivity contribution in [3.05, 3.63) is 34.8 Å². The van der Waals surface area contributed by atoms with Crippen LogP contribution in [0.2, 0.25) is 0 Å². The van der Waals surface area contributed by atoms with E-state index in [-0.39, 0.29) is 36.0 Å². The maximum absolute atomic E-state index is 13.1. The van der Waals surface area contributed by atoms with Crippen LogP contribution in [0.5, 0.6) is 5.75 Å². The first kappa shape index (κ1) is 22.3. The second kappa shape index (κ2) is 9.28. The highest BCUT2D eigenvalue weighted by Crippen LogP contribution is 2.35. The molecule has 0 radical (unpaired) electrons. The first-order chi connectivity index (χ1) is 15.4. The lowest BCUT2D eigenvalue weighted by molar-refractivity contribution is -0.138.